The van der Waals surface area contributed by atoms with E-state index < -0.39 is 0 Å². The van der Waals surface area contributed by atoms with Gasteiger partial charge in [0.05, 0.1) is 0 Å². The van der Waals surface area contributed by atoms with E-state index in [1.165, 1.54) is 24.8 Å². The maximum Gasteiger partial charge on any atom is -0.0345 e. The molecule has 0 aromatic rings. The molecule has 0 heterocycles. The van der Waals surface area contributed by atoms with E-state index >= 15 is 0 Å². The van der Waals surface area contributed by atoms with Crippen LogP contribution in [-0.4, -0.2) is 0 Å². The average Bonchev–Trinajstić information content (AvgIpc) is 2.04. The topological polar surface area (TPSA) is 0 Å². The second-order valence-corrected chi connectivity index (χ2v) is 2.73. The highest BCUT2D eigenvalue weighted by Gasteiger charge is 1.83. The van der Waals surface area contributed by atoms with Gasteiger partial charge >= 0.3 is 0 Å². The van der Waals surface area contributed by atoms with Crippen molar-refractivity contribution >= 4 is 0 Å². The number of unbranched alkanes of at least 4 members (excludes halogenated alkanes) is 3. The molecule has 0 aliphatic carbocycles. The second-order valence-electron chi connectivity index (χ2n) is 2.73. The molecule has 0 radical (unpaired) electrons. The minimum atomic E-state index is 1.14. The van der Waals surface area contributed by atoms with Crippen molar-refractivity contribution in [2.24, 2.45) is 0 Å². The molecule has 0 unspecified atom stereocenters. The van der Waals surface area contributed by atoms with Crippen LogP contribution in [0.3, 0.4) is 0 Å². The third-order valence-electron chi connectivity index (χ3n) is 1.65. The predicted molar refractivity (Wildman–Crippen MR) is 52.6 cm³/mol. The molecule has 11 heavy (non-hydrogen) atoms. The number of hydrogen-bond acceptors (Lipinski definition) is 0. The van der Waals surface area contributed by atoms with Gasteiger partial charge in [-0.05, 0) is 32.6 Å². The Hall–Kier alpha value is -0.780. The van der Waals surface area contributed by atoms with Crippen LogP contribution in [0.2, 0.25) is 0 Å². The minimum Gasteiger partial charge on any atom is -0.103 e. The molecule has 0 rings (SSSR count). The third-order valence-corrected chi connectivity index (χ3v) is 1.65. The molecule has 0 heteroatoms. The largest absolute Gasteiger partial charge is 0.103 e. The fourth-order valence-electron chi connectivity index (χ4n) is 0.846. The van der Waals surface area contributed by atoms with Crippen LogP contribution in [0.4, 0.5) is 0 Å². The van der Waals surface area contributed by atoms with Crippen LogP contribution in [-0.2, 0) is 0 Å². The Kier molecular flexibility index (Phi) is 6.81. The molecule has 0 bridgehead atoms. The van der Waals surface area contributed by atoms with E-state index in [0.29, 0.717) is 0 Å². The summed E-state index contributed by atoms with van der Waals surface area (Å²) < 4.78 is 0. The molecule has 0 aromatic heterocycles. The SMILES string of the molecule is C=CCCCC/C=C(/C)C=C. The van der Waals surface area contributed by atoms with E-state index in [2.05, 4.69) is 26.2 Å². The lowest BCUT2D eigenvalue weighted by Crippen LogP contribution is -1.73. The van der Waals surface area contributed by atoms with Crippen LogP contribution in [0.15, 0.2) is 37.0 Å². The molecule has 0 aliphatic rings. The van der Waals surface area contributed by atoms with Gasteiger partial charge in [-0.25, -0.2) is 0 Å². The van der Waals surface area contributed by atoms with E-state index in [1.807, 2.05) is 12.2 Å². The molecule has 0 aromatic carbocycles. The Bertz CT molecular complexity index is 140. The van der Waals surface area contributed by atoms with E-state index in [-0.39, 0.29) is 0 Å². The van der Waals surface area contributed by atoms with E-state index in [0.717, 1.165) is 6.42 Å². The molecular formula is C11H18. The van der Waals surface area contributed by atoms with Crippen LogP contribution < -0.4 is 0 Å². The van der Waals surface area contributed by atoms with Crippen molar-refractivity contribution in [3.8, 4) is 0 Å². The van der Waals surface area contributed by atoms with Crippen molar-refractivity contribution in [1.29, 1.82) is 0 Å². The Labute approximate surface area is 70.3 Å². The molecule has 0 atom stereocenters. The predicted octanol–water partition coefficient (Wildman–Crippen LogP) is 3.87. The zero-order valence-electron chi connectivity index (χ0n) is 7.47. The van der Waals surface area contributed by atoms with Crippen LogP contribution in [0, 0.1) is 0 Å². The lowest BCUT2D eigenvalue weighted by atomic mass is 10.1. The summed E-state index contributed by atoms with van der Waals surface area (Å²) in [4.78, 5) is 0. The van der Waals surface area contributed by atoms with Gasteiger partial charge in [-0.15, -0.1) is 6.58 Å². The molecule has 0 aliphatic heterocycles. The normalized spacial score (nSPS) is 11.2. The maximum absolute atomic E-state index is 3.69. The van der Waals surface area contributed by atoms with Gasteiger partial charge in [0.25, 0.3) is 0 Å². The zero-order chi connectivity index (χ0) is 8.53. The second kappa shape index (κ2) is 7.33. The number of allylic oxidation sites excluding steroid dienone is 4. The van der Waals surface area contributed by atoms with E-state index in [9.17, 15) is 0 Å². The number of hydrogen-bond donors (Lipinski definition) is 0. The van der Waals surface area contributed by atoms with Gasteiger partial charge in [0, 0.05) is 0 Å². The quantitative estimate of drug-likeness (QED) is 0.306. The molecule has 0 N–H and O–H groups in total. The standard InChI is InChI=1S/C11H18/c1-4-6-7-8-9-10-11(3)5-2/h4-5,10H,1-2,6-9H2,3H3/b11-10-. The molecule has 0 saturated heterocycles. The molecule has 0 nitrogen and oxygen atoms in total. The van der Waals surface area contributed by atoms with Gasteiger partial charge in [0.15, 0.2) is 0 Å². The summed E-state index contributed by atoms with van der Waals surface area (Å²) in [5, 5.41) is 0. The highest BCUT2D eigenvalue weighted by atomic mass is 13.9. The summed E-state index contributed by atoms with van der Waals surface area (Å²) in [5.41, 5.74) is 1.28. The van der Waals surface area contributed by atoms with Crippen molar-refractivity contribution in [2.75, 3.05) is 0 Å². The van der Waals surface area contributed by atoms with Gasteiger partial charge in [-0.3, -0.25) is 0 Å². The summed E-state index contributed by atoms with van der Waals surface area (Å²) >= 11 is 0. The van der Waals surface area contributed by atoms with Crippen molar-refractivity contribution in [3.63, 3.8) is 0 Å². The van der Waals surface area contributed by atoms with Crippen molar-refractivity contribution in [3.05, 3.63) is 37.0 Å². The Morgan fingerprint density at radius 1 is 1.18 bits per heavy atom. The fourth-order valence-corrected chi connectivity index (χ4v) is 0.846. The summed E-state index contributed by atoms with van der Waals surface area (Å²) in [7, 11) is 0. The lowest BCUT2D eigenvalue weighted by Gasteiger charge is -1.93. The van der Waals surface area contributed by atoms with Crippen molar-refractivity contribution in [1.82, 2.24) is 0 Å². The Balaban J connectivity index is 3.25. The van der Waals surface area contributed by atoms with Crippen LogP contribution in [0.25, 0.3) is 0 Å². The lowest BCUT2D eigenvalue weighted by molar-refractivity contribution is 0.761. The van der Waals surface area contributed by atoms with Gasteiger partial charge in [-0.1, -0.05) is 30.4 Å². The van der Waals surface area contributed by atoms with E-state index in [4.69, 9.17) is 0 Å². The summed E-state index contributed by atoms with van der Waals surface area (Å²) in [6.07, 6.45) is 10.9. The monoisotopic (exact) mass is 150 g/mol. The first-order valence-electron chi connectivity index (χ1n) is 4.21. The Morgan fingerprint density at radius 3 is 2.36 bits per heavy atom. The third kappa shape index (κ3) is 7.11. The van der Waals surface area contributed by atoms with E-state index in [1.54, 1.807) is 0 Å². The first-order chi connectivity index (χ1) is 5.31. The molecular weight excluding hydrogens is 132 g/mol. The Morgan fingerprint density at radius 2 is 1.82 bits per heavy atom. The van der Waals surface area contributed by atoms with Crippen molar-refractivity contribution in [2.45, 2.75) is 32.6 Å². The minimum absolute atomic E-state index is 1.14. The summed E-state index contributed by atoms with van der Waals surface area (Å²) in [5.74, 6) is 0. The fraction of sp³-hybridized carbons (Fsp3) is 0.455. The van der Waals surface area contributed by atoms with Crippen LogP contribution in [0.1, 0.15) is 32.6 Å². The molecule has 0 spiro atoms. The zero-order valence-corrected chi connectivity index (χ0v) is 7.47. The summed E-state index contributed by atoms with van der Waals surface area (Å²) in [6.45, 7) is 9.45. The molecule has 0 fully saturated rings. The average molecular weight is 150 g/mol. The highest BCUT2D eigenvalue weighted by Crippen LogP contribution is 2.03. The van der Waals surface area contributed by atoms with Gasteiger partial charge in [0.1, 0.15) is 0 Å². The van der Waals surface area contributed by atoms with Crippen LogP contribution >= 0.6 is 0 Å². The number of rotatable bonds is 6. The summed E-state index contributed by atoms with van der Waals surface area (Å²) in [6, 6.07) is 0. The smallest absolute Gasteiger partial charge is 0.0345 e. The molecule has 62 valence electrons. The molecule has 0 saturated carbocycles. The van der Waals surface area contributed by atoms with Gasteiger partial charge < -0.3 is 0 Å². The first-order valence-corrected chi connectivity index (χ1v) is 4.21. The maximum atomic E-state index is 3.69. The highest BCUT2D eigenvalue weighted by molar-refractivity contribution is 5.12. The first kappa shape index (κ1) is 10.2. The van der Waals surface area contributed by atoms with Gasteiger partial charge in [0.2, 0.25) is 0 Å². The van der Waals surface area contributed by atoms with Crippen molar-refractivity contribution < 1.29 is 0 Å². The molecule has 0 amide bonds. The van der Waals surface area contributed by atoms with Crippen LogP contribution in [0.5, 0.6) is 0 Å². The van der Waals surface area contributed by atoms with Gasteiger partial charge in [-0.2, -0.15) is 0 Å².